The van der Waals surface area contributed by atoms with E-state index in [1.54, 1.807) is 4.52 Å². The number of anilines is 1. The Balaban J connectivity index is 1.75. The fourth-order valence-corrected chi connectivity index (χ4v) is 2.20. The van der Waals surface area contributed by atoms with Crippen LogP contribution >= 0.6 is 0 Å². The van der Waals surface area contributed by atoms with Gasteiger partial charge >= 0.3 is 0 Å². The largest absolute Gasteiger partial charge is 0.352 e. The van der Waals surface area contributed by atoms with E-state index in [-0.39, 0.29) is 5.41 Å². The lowest BCUT2D eigenvalue weighted by molar-refractivity contribution is 0.555. The number of nitrogens with one attached hydrogen (secondary N) is 1. The van der Waals surface area contributed by atoms with Gasteiger partial charge < -0.3 is 5.32 Å². The second kappa shape index (κ2) is 4.96. The molecule has 3 aromatic rings. The lowest BCUT2D eigenvalue weighted by Crippen LogP contribution is -2.27. The molecule has 0 atom stereocenters. The molecule has 20 heavy (non-hydrogen) atoms. The van der Waals surface area contributed by atoms with Crippen molar-refractivity contribution in [1.29, 1.82) is 0 Å². The maximum atomic E-state index is 4.45. The van der Waals surface area contributed by atoms with Gasteiger partial charge in [0.05, 0.1) is 0 Å². The lowest BCUT2D eigenvalue weighted by Gasteiger charge is -2.25. The van der Waals surface area contributed by atoms with Crippen molar-refractivity contribution in [3.63, 3.8) is 0 Å². The Kier molecular flexibility index (Phi) is 3.14. The van der Waals surface area contributed by atoms with E-state index in [9.17, 15) is 0 Å². The molecule has 0 amide bonds. The molecular formula is C16H18N4. The van der Waals surface area contributed by atoms with Gasteiger partial charge in [0.1, 0.15) is 0 Å². The Labute approximate surface area is 118 Å². The van der Waals surface area contributed by atoms with Crippen LogP contribution < -0.4 is 5.32 Å². The van der Waals surface area contributed by atoms with Crippen LogP contribution in [0.3, 0.4) is 0 Å². The van der Waals surface area contributed by atoms with E-state index >= 15 is 0 Å². The third-order valence-corrected chi connectivity index (χ3v) is 3.49. The average molecular weight is 266 g/mol. The number of benzene rings is 1. The van der Waals surface area contributed by atoms with E-state index in [0.717, 1.165) is 12.2 Å². The number of rotatable bonds is 4. The molecule has 0 saturated heterocycles. The number of nitrogens with zero attached hydrogens (tertiary/aromatic N) is 3. The van der Waals surface area contributed by atoms with Crippen molar-refractivity contribution in [2.45, 2.75) is 19.3 Å². The van der Waals surface area contributed by atoms with Crippen molar-refractivity contribution in [3.8, 4) is 0 Å². The number of fused-ring (bicyclic) bond motifs is 1. The lowest BCUT2D eigenvalue weighted by atomic mass is 9.85. The van der Waals surface area contributed by atoms with Gasteiger partial charge in [0.25, 0.3) is 0 Å². The predicted molar refractivity (Wildman–Crippen MR) is 80.9 cm³/mol. The fraction of sp³-hybridized carbons (Fsp3) is 0.250. The van der Waals surface area contributed by atoms with Crippen LogP contribution in [0.2, 0.25) is 0 Å². The Morgan fingerprint density at radius 1 is 1.05 bits per heavy atom. The van der Waals surface area contributed by atoms with Crippen molar-refractivity contribution in [2.24, 2.45) is 0 Å². The standard InChI is InChI=1S/C16H18N4/c1-16(2,13-8-4-3-5-9-13)12-17-15-18-14-10-6-7-11-20(14)19-15/h3-11H,12H2,1-2H3,(H,17,19). The van der Waals surface area contributed by atoms with Crippen LogP contribution in [0.1, 0.15) is 19.4 Å². The van der Waals surface area contributed by atoms with Crippen LogP contribution in [0.5, 0.6) is 0 Å². The monoisotopic (exact) mass is 266 g/mol. The van der Waals surface area contributed by atoms with Crippen LogP contribution in [0, 0.1) is 0 Å². The Bertz CT molecular complexity index is 668. The minimum atomic E-state index is 0.0265. The normalized spacial score (nSPS) is 11.7. The summed E-state index contributed by atoms with van der Waals surface area (Å²) in [6.07, 6.45) is 1.90. The molecule has 2 aromatic heterocycles. The topological polar surface area (TPSA) is 42.2 Å². The molecule has 0 aliphatic rings. The van der Waals surface area contributed by atoms with Crippen molar-refractivity contribution in [3.05, 3.63) is 60.3 Å². The molecule has 0 saturated carbocycles. The van der Waals surface area contributed by atoms with Gasteiger partial charge in [-0.15, -0.1) is 5.10 Å². The first-order valence-electron chi connectivity index (χ1n) is 6.76. The molecular weight excluding hydrogens is 248 g/mol. The van der Waals surface area contributed by atoms with Gasteiger partial charge in [-0.25, -0.2) is 4.52 Å². The second-order valence-corrected chi connectivity index (χ2v) is 5.54. The number of hydrogen-bond acceptors (Lipinski definition) is 3. The Hall–Kier alpha value is -2.36. The van der Waals surface area contributed by atoms with E-state index in [2.05, 4.69) is 53.5 Å². The van der Waals surface area contributed by atoms with E-state index in [1.807, 2.05) is 30.5 Å². The highest BCUT2D eigenvalue weighted by molar-refractivity contribution is 5.43. The van der Waals surface area contributed by atoms with Gasteiger partial charge in [-0.2, -0.15) is 4.98 Å². The molecule has 2 heterocycles. The summed E-state index contributed by atoms with van der Waals surface area (Å²) in [6, 6.07) is 16.3. The highest BCUT2D eigenvalue weighted by atomic mass is 15.3. The van der Waals surface area contributed by atoms with Crippen LogP contribution in [0.15, 0.2) is 54.7 Å². The maximum Gasteiger partial charge on any atom is 0.243 e. The highest BCUT2D eigenvalue weighted by Gasteiger charge is 2.20. The van der Waals surface area contributed by atoms with Gasteiger partial charge in [-0.3, -0.25) is 0 Å². The molecule has 0 unspecified atom stereocenters. The smallest absolute Gasteiger partial charge is 0.243 e. The van der Waals surface area contributed by atoms with Gasteiger partial charge in [0.2, 0.25) is 5.95 Å². The first kappa shape index (κ1) is 12.7. The molecule has 1 aromatic carbocycles. The maximum absolute atomic E-state index is 4.45. The molecule has 0 bridgehead atoms. The third-order valence-electron chi connectivity index (χ3n) is 3.49. The molecule has 3 rings (SSSR count). The van der Waals surface area contributed by atoms with Gasteiger partial charge in [0.15, 0.2) is 5.65 Å². The minimum Gasteiger partial charge on any atom is -0.352 e. The summed E-state index contributed by atoms with van der Waals surface area (Å²) in [6.45, 7) is 5.21. The molecule has 0 spiro atoms. The number of hydrogen-bond donors (Lipinski definition) is 1. The summed E-state index contributed by atoms with van der Waals surface area (Å²) in [5, 5.41) is 7.73. The van der Waals surface area contributed by atoms with E-state index in [0.29, 0.717) is 5.95 Å². The van der Waals surface area contributed by atoms with Crippen LogP contribution in [0.25, 0.3) is 5.65 Å². The summed E-state index contributed by atoms with van der Waals surface area (Å²) < 4.78 is 1.78. The third kappa shape index (κ3) is 2.50. The van der Waals surface area contributed by atoms with Gasteiger partial charge in [-0.1, -0.05) is 50.2 Å². The first-order chi connectivity index (χ1) is 9.65. The predicted octanol–water partition coefficient (Wildman–Crippen LogP) is 3.12. The highest BCUT2D eigenvalue weighted by Crippen LogP contribution is 2.22. The van der Waals surface area contributed by atoms with Crippen molar-refractivity contribution >= 4 is 11.6 Å². The van der Waals surface area contributed by atoms with Gasteiger partial charge in [0, 0.05) is 18.2 Å². The molecule has 0 radical (unpaired) electrons. The van der Waals surface area contributed by atoms with Crippen molar-refractivity contribution in [2.75, 3.05) is 11.9 Å². The van der Waals surface area contributed by atoms with Crippen LogP contribution in [0.4, 0.5) is 5.95 Å². The molecule has 0 fully saturated rings. The molecule has 4 heteroatoms. The molecule has 102 valence electrons. The molecule has 0 aliphatic carbocycles. The van der Waals surface area contributed by atoms with Crippen molar-refractivity contribution < 1.29 is 0 Å². The van der Waals surface area contributed by atoms with E-state index in [1.165, 1.54) is 5.56 Å². The summed E-state index contributed by atoms with van der Waals surface area (Å²) in [5.41, 5.74) is 2.18. The Morgan fingerprint density at radius 2 is 1.80 bits per heavy atom. The van der Waals surface area contributed by atoms with E-state index in [4.69, 9.17) is 0 Å². The minimum absolute atomic E-state index is 0.0265. The summed E-state index contributed by atoms with van der Waals surface area (Å²) in [7, 11) is 0. The van der Waals surface area contributed by atoms with Crippen LogP contribution in [-0.4, -0.2) is 21.1 Å². The molecule has 0 aliphatic heterocycles. The zero-order valence-corrected chi connectivity index (χ0v) is 11.7. The first-order valence-corrected chi connectivity index (χ1v) is 6.76. The Morgan fingerprint density at radius 3 is 2.55 bits per heavy atom. The van der Waals surface area contributed by atoms with Crippen LogP contribution in [-0.2, 0) is 5.41 Å². The average Bonchev–Trinajstić information content (AvgIpc) is 2.89. The second-order valence-electron chi connectivity index (χ2n) is 5.54. The number of aromatic nitrogens is 3. The van der Waals surface area contributed by atoms with Gasteiger partial charge in [-0.05, 0) is 17.7 Å². The number of pyridine rings is 1. The molecule has 4 nitrogen and oxygen atoms in total. The summed E-state index contributed by atoms with van der Waals surface area (Å²) in [4.78, 5) is 4.45. The van der Waals surface area contributed by atoms with Crippen molar-refractivity contribution in [1.82, 2.24) is 14.6 Å². The quantitative estimate of drug-likeness (QED) is 0.789. The zero-order valence-electron chi connectivity index (χ0n) is 11.7. The summed E-state index contributed by atoms with van der Waals surface area (Å²) in [5.74, 6) is 0.667. The van der Waals surface area contributed by atoms with E-state index < -0.39 is 0 Å². The molecule has 1 N–H and O–H groups in total. The fourth-order valence-electron chi connectivity index (χ4n) is 2.20. The SMILES string of the molecule is CC(C)(CNc1nc2ccccn2n1)c1ccccc1. The zero-order chi connectivity index (χ0) is 14.0. The summed E-state index contributed by atoms with van der Waals surface area (Å²) >= 11 is 0.